The van der Waals surface area contributed by atoms with Crippen LogP contribution in [-0.2, 0) is 16.0 Å². The number of carbonyl (C=O) groups excluding carboxylic acids is 2. The molecule has 3 rings (SSSR count). The van der Waals surface area contributed by atoms with Gasteiger partial charge in [-0.3, -0.25) is 9.59 Å². The molecule has 1 saturated heterocycles. The minimum Gasteiger partial charge on any atom is -0.339 e. The van der Waals surface area contributed by atoms with Crippen LogP contribution >= 0.6 is 23.1 Å². The summed E-state index contributed by atoms with van der Waals surface area (Å²) >= 11 is 2.86. The van der Waals surface area contributed by atoms with Crippen molar-refractivity contribution in [3.05, 3.63) is 29.3 Å². The zero-order valence-corrected chi connectivity index (χ0v) is 18.0. The van der Waals surface area contributed by atoms with Crippen LogP contribution in [-0.4, -0.2) is 63.7 Å². The van der Waals surface area contributed by atoms with Gasteiger partial charge in [-0.1, -0.05) is 48.2 Å². The molecular weight excluding hydrogens is 394 g/mol. The van der Waals surface area contributed by atoms with Crippen LogP contribution in [0.2, 0.25) is 0 Å². The van der Waals surface area contributed by atoms with Gasteiger partial charge in [0.1, 0.15) is 0 Å². The Hall–Kier alpha value is -2.13. The first-order valence-electron chi connectivity index (χ1n) is 9.33. The van der Waals surface area contributed by atoms with E-state index in [1.54, 1.807) is 11.8 Å². The number of hydrogen-bond acceptors (Lipinski definition) is 7. The predicted octanol–water partition coefficient (Wildman–Crippen LogP) is 2.94. The molecule has 1 N–H and O–H groups in total. The zero-order chi connectivity index (χ0) is 20.1. The molecule has 9 heteroatoms. The van der Waals surface area contributed by atoms with E-state index in [-0.39, 0.29) is 11.8 Å². The van der Waals surface area contributed by atoms with E-state index in [0.29, 0.717) is 31.9 Å². The summed E-state index contributed by atoms with van der Waals surface area (Å²) < 4.78 is 0.768. The third kappa shape index (κ3) is 5.02. The van der Waals surface area contributed by atoms with Crippen LogP contribution in [0.4, 0.5) is 10.8 Å². The Kier molecular flexibility index (Phi) is 6.90. The molecule has 0 aliphatic carbocycles. The predicted molar refractivity (Wildman–Crippen MR) is 113 cm³/mol. The first-order valence-corrected chi connectivity index (χ1v) is 11.1. The Morgan fingerprint density at radius 1 is 1.18 bits per heavy atom. The Labute approximate surface area is 173 Å². The monoisotopic (exact) mass is 419 g/mol. The molecular formula is C19H25N5O2S2. The smallest absolute Gasteiger partial charge is 0.233 e. The SMILES string of the molecule is CCc1cccc(C)c1Nc1nnc(SCC(=O)N2CCN(C(C)=O)CC2)s1. The van der Waals surface area contributed by atoms with Gasteiger partial charge in [0.15, 0.2) is 4.34 Å². The molecule has 0 spiro atoms. The van der Waals surface area contributed by atoms with Crippen LogP contribution in [0.25, 0.3) is 0 Å². The summed E-state index contributed by atoms with van der Waals surface area (Å²) in [6.45, 7) is 8.16. The molecule has 2 amide bonds. The van der Waals surface area contributed by atoms with Gasteiger partial charge in [-0.15, -0.1) is 10.2 Å². The first kappa shape index (κ1) is 20.6. The van der Waals surface area contributed by atoms with Crippen molar-refractivity contribution in [3.8, 4) is 0 Å². The second kappa shape index (κ2) is 9.38. The summed E-state index contributed by atoms with van der Waals surface area (Å²) in [6, 6.07) is 6.24. The lowest BCUT2D eigenvalue weighted by Gasteiger charge is -2.34. The second-order valence-electron chi connectivity index (χ2n) is 6.64. The number of anilines is 2. The summed E-state index contributed by atoms with van der Waals surface area (Å²) in [5, 5.41) is 12.5. The molecule has 1 aliphatic heterocycles. The van der Waals surface area contributed by atoms with Crippen molar-refractivity contribution in [1.82, 2.24) is 20.0 Å². The number of benzene rings is 1. The number of carbonyl (C=O) groups is 2. The quantitative estimate of drug-likeness (QED) is 0.726. The van der Waals surface area contributed by atoms with E-state index in [2.05, 4.69) is 47.6 Å². The highest BCUT2D eigenvalue weighted by atomic mass is 32.2. The van der Waals surface area contributed by atoms with Gasteiger partial charge >= 0.3 is 0 Å². The molecule has 0 saturated carbocycles. The second-order valence-corrected chi connectivity index (χ2v) is 8.84. The van der Waals surface area contributed by atoms with E-state index in [1.807, 2.05) is 4.90 Å². The van der Waals surface area contributed by atoms with Gasteiger partial charge in [0, 0.05) is 38.8 Å². The number of nitrogens with one attached hydrogen (secondary N) is 1. The summed E-state index contributed by atoms with van der Waals surface area (Å²) in [6.07, 6.45) is 0.940. The molecule has 1 aromatic heterocycles. The standard InChI is InChI=1S/C19H25N5O2S2/c1-4-15-7-5-6-13(2)17(15)20-18-21-22-19(28-18)27-12-16(26)24-10-8-23(9-11-24)14(3)25/h5-7H,4,8-12H2,1-3H3,(H,20,21). The van der Waals surface area contributed by atoms with Crippen molar-refractivity contribution in [2.24, 2.45) is 0 Å². The Balaban J connectivity index is 1.53. The Bertz CT molecular complexity index is 847. The molecule has 0 bridgehead atoms. The van der Waals surface area contributed by atoms with Crippen molar-refractivity contribution >= 4 is 45.7 Å². The van der Waals surface area contributed by atoms with E-state index in [4.69, 9.17) is 0 Å². The average molecular weight is 420 g/mol. The summed E-state index contributed by atoms with van der Waals surface area (Å²) in [5.41, 5.74) is 3.49. The van der Waals surface area contributed by atoms with Crippen molar-refractivity contribution in [3.63, 3.8) is 0 Å². The maximum absolute atomic E-state index is 12.4. The molecule has 0 radical (unpaired) electrons. The van der Waals surface area contributed by atoms with E-state index in [1.165, 1.54) is 34.2 Å². The summed E-state index contributed by atoms with van der Waals surface area (Å²) in [5.74, 6) is 0.472. The number of thioether (sulfide) groups is 1. The van der Waals surface area contributed by atoms with Gasteiger partial charge in [0.05, 0.1) is 5.75 Å². The number of amides is 2. The number of para-hydroxylation sites is 1. The fourth-order valence-electron chi connectivity index (χ4n) is 3.11. The first-order chi connectivity index (χ1) is 13.5. The molecule has 150 valence electrons. The molecule has 1 aromatic carbocycles. The Morgan fingerprint density at radius 2 is 1.89 bits per heavy atom. The normalized spacial score (nSPS) is 14.2. The van der Waals surface area contributed by atoms with Crippen LogP contribution < -0.4 is 5.32 Å². The van der Waals surface area contributed by atoms with Crippen molar-refractivity contribution in [2.75, 3.05) is 37.2 Å². The molecule has 0 atom stereocenters. The van der Waals surface area contributed by atoms with Crippen molar-refractivity contribution in [1.29, 1.82) is 0 Å². The van der Waals surface area contributed by atoms with Crippen molar-refractivity contribution in [2.45, 2.75) is 31.5 Å². The summed E-state index contributed by atoms with van der Waals surface area (Å²) in [7, 11) is 0. The zero-order valence-electron chi connectivity index (χ0n) is 16.4. The van der Waals surface area contributed by atoms with Crippen LogP contribution in [0.5, 0.6) is 0 Å². The third-order valence-electron chi connectivity index (χ3n) is 4.78. The van der Waals surface area contributed by atoms with Crippen LogP contribution in [0.1, 0.15) is 25.0 Å². The molecule has 0 unspecified atom stereocenters. The minimum absolute atomic E-state index is 0.0650. The van der Waals surface area contributed by atoms with E-state index in [9.17, 15) is 9.59 Å². The molecule has 1 fully saturated rings. The highest BCUT2D eigenvalue weighted by Crippen LogP contribution is 2.30. The lowest BCUT2D eigenvalue weighted by molar-refractivity contribution is -0.136. The Morgan fingerprint density at radius 3 is 2.57 bits per heavy atom. The topological polar surface area (TPSA) is 78.4 Å². The fraction of sp³-hybridized carbons (Fsp3) is 0.474. The highest BCUT2D eigenvalue weighted by Gasteiger charge is 2.22. The number of aromatic nitrogens is 2. The maximum atomic E-state index is 12.4. The number of nitrogens with zero attached hydrogens (tertiary/aromatic N) is 4. The van der Waals surface area contributed by atoms with E-state index in [0.717, 1.165) is 21.6 Å². The lowest BCUT2D eigenvalue weighted by atomic mass is 10.1. The van der Waals surface area contributed by atoms with Gasteiger partial charge in [-0.05, 0) is 24.5 Å². The number of hydrogen-bond donors (Lipinski definition) is 1. The fourth-order valence-corrected chi connectivity index (χ4v) is 4.77. The number of piperazine rings is 1. The summed E-state index contributed by atoms with van der Waals surface area (Å²) in [4.78, 5) is 27.4. The highest BCUT2D eigenvalue weighted by molar-refractivity contribution is 8.01. The van der Waals surface area contributed by atoms with Gasteiger partial charge in [-0.25, -0.2) is 0 Å². The maximum Gasteiger partial charge on any atom is 0.233 e. The van der Waals surface area contributed by atoms with Gasteiger partial charge in [0.25, 0.3) is 0 Å². The average Bonchev–Trinajstić information content (AvgIpc) is 3.15. The molecule has 7 nitrogen and oxygen atoms in total. The molecule has 2 aromatic rings. The van der Waals surface area contributed by atoms with Crippen LogP contribution in [0, 0.1) is 6.92 Å². The van der Waals surface area contributed by atoms with Gasteiger partial charge < -0.3 is 15.1 Å². The molecule has 2 heterocycles. The lowest BCUT2D eigenvalue weighted by Crippen LogP contribution is -2.50. The van der Waals surface area contributed by atoms with Crippen LogP contribution in [0.3, 0.4) is 0 Å². The number of rotatable bonds is 6. The molecule has 28 heavy (non-hydrogen) atoms. The third-order valence-corrected chi connectivity index (χ3v) is 6.73. The van der Waals surface area contributed by atoms with E-state index < -0.39 is 0 Å². The largest absolute Gasteiger partial charge is 0.339 e. The van der Waals surface area contributed by atoms with Crippen LogP contribution in [0.15, 0.2) is 22.5 Å². The van der Waals surface area contributed by atoms with Gasteiger partial charge in [0.2, 0.25) is 16.9 Å². The van der Waals surface area contributed by atoms with Gasteiger partial charge in [-0.2, -0.15) is 0 Å². The molecule has 1 aliphatic rings. The number of aryl methyl sites for hydroxylation is 2. The van der Waals surface area contributed by atoms with E-state index >= 15 is 0 Å². The van der Waals surface area contributed by atoms with Crippen molar-refractivity contribution < 1.29 is 9.59 Å². The minimum atomic E-state index is 0.0650.